The van der Waals surface area contributed by atoms with Crippen molar-refractivity contribution in [3.8, 4) is 23.0 Å². The van der Waals surface area contributed by atoms with Crippen molar-refractivity contribution in [1.29, 1.82) is 5.26 Å². The summed E-state index contributed by atoms with van der Waals surface area (Å²) in [5, 5.41) is 14.8. The number of carbonyl (C=O) groups is 1. The van der Waals surface area contributed by atoms with Gasteiger partial charge in [0.15, 0.2) is 5.82 Å². The molecule has 1 aromatic carbocycles. The quantitative estimate of drug-likeness (QED) is 0.663. The molecule has 3 heterocycles. The molecule has 8 heteroatoms. The van der Waals surface area contributed by atoms with Gasteiger partial charge in [-0.25, -0.2) is 9.67 Å². The zero-order valence-electron chi connectivity index (χ0n) is 17.3. The lowest BCUT2D eigenvalue weighted by molar-refractivity contribution is 0.0938. The minimum Gasteiger partial charge on any atom is -0.352 e. The highest BCUT2D eigenvalue weighted by molar-refractivity contribution is 5.93. The van der Waals surface area contributed by atoms with E-state index in [9.17, 15) is 9.59 Å². The molecule has 0 unspecified atom stereocenters. The molecule has 0 bridgehead atoms. The number of piperidine rings is 1. The van der Waals surface area contributed by atoms with Gasteiger partial charge in [-0.3, -0.25) is 14.7 Å². The van der Waals surface area contributed by atoms with E-state index in [-0.39, 0.29) is 11.5 Å². The number of benzene rings is 1. The van der Waals surface area contributed by atoms with E-state index in [4.69, 9.17) is 5.26 Å². The van der Waals surface area contributed by atoms with Crippen LogP contribution >= 0.6 is 0 Å². The second kappa shape index (κ2) is 8.98. The topological polar surface area (TPSA) is 107 Å². The number of nitrogens with zero attached hydrogens (tertiary/aromatic N) is 4. The predicted molar refractivity (Wildman–Crippen MR) is 117 cm³/mol. The van der Waals surface area contributed by atoms with Crippen molar-refractivity contribution in [2.24, 2.45) is 5.92 Å². The molecule has 1 amide bonds. The van der Waals surface area contributed by atoms with Gasteiger partial charge in [0, 0.05) is 18.9 Å². The molecular weight excluding hydrogens is 392 g/mol. The van der Waals surface area contributed by atoms with Crippen molar-refractivity contribution in [1.82, 2.24) is 25.0 Å². The Morgan fingerprint density at radius 1 is 1.23 bits per heavy atom. The summed E-state index contributed by atoms with van der Waals surface area (Å²) in [6.45, 7) is 2.79. The van der Waals surface area contributed by atoms with Crippen LogP contribution in [0.5, 0.6) is 0 Å². The third-order valence-electron chi connectivity index (χ3n) is 5.73. The van der Waals surface area contributed by atoms with E-state index < -0.39 is 0 Å². The average molecular weight is 416 g/mol. The molecule has 2 aromatic heterocycles. The number of hydrogen-bond donors (Lipinski definition) is 2. The summed E-state index contributed by atoms with van der Waals surface area (Å²) in [6, 6.07) is 12.2. The van der Waals surface area contributed by atoms with Gasteiger partial charge in [-0.1, -0.05) is 12.1 Å². The van der Waals surface area contributed by atoms with Crippen LogP contribution in [0.15, 0.2) is 53.6 Å². The van der Waals surface area contributed by atoms with Crippen LogP contribution < -0.4 is 10.9 Å². The third kappa shape index (κ3) is 4.57. The van der Waals surface area contributed by atoms with E-state index in [1.54, 1.807) is 42.6 Å². The fraction of sp³-hybridized carbons (Fsp3) is 0.304. The Balaban J connectivity index is 1.43. The molecule has 4 rings (SSSR count). The van der Waals surface area contributed by atoms with Gasteiger partial charge in [-0.15, -0.1) is 0 Å². The van der Waals surface area contributed by atoms with Crippen LogP contribution in [-0.4, -0.2) is 52.3 Å². The largest absolute Gasteiger partial charge is 0.352 e. The summed E-state index contributed by atoms with van der Waals surface area (Å²) < 4.78 is 1.33. The highest BCUT2D eigenvalue weighted by atomic mass is 16.1. The normalized spacial score (nSPS) is 14.8. The molecule has 8 nitrogen and oxygen atoms in total. The van der Waals surface area contributed by atoms with Crippen LogP contribution in [0.4, 0.5) is 0 Å². The van der Waals surface area contributed by atoms with E-state index in [1.165, 1.54) is 10.9 Å². The van der Waals surface area contributed by atoms with Crippen molar-refractivity contribution in [2.45, 2.75) is 12.8 Å². The predicted octanol–water partition coefficient (Wildman–Crippen LogP) is 2.17. The highest BCUT2D eigenvalue weighted by Crippen LogP contribution is 2.17. The number of amides is 1. The van der Waals surface area contributed by atoms with E-state index in [0.717, 1.165) is 25.9 Å². The lowest BCUT2D eigenvalue weighted by atomic mass is 9.97. The maximum absolute atomic E-state index is 12.8. The lowest BCUT2D eigenvalue weighted by Gasteiger charge is -2.28. The number of aromatic amines is 1. The number of carbonyl (C=O) groups excluding carboxylic acids is 1. The minimum absolute atomic E-state index is 0.157. The molecule has 0 atom stereocenters. The fourth-order valence-corrected chi connectivity index (χ4v) is 3.73. The number of pyridine rings is 1. The first kappa shape index (κ1) is 20.6. The average Bonchev–Trinajstić information content (AvgIpc) is 3.20. The molecule has 0 saturated carbocycles. The number of nitrogens with one attached hydrogen (secondary N) is 2. The van der Waals surface area contributed by atoms with E-state index in [2.05, 4.69) is 33.4 Å². The molecule has 2 N–H and O–H groups in total. The molecule has 1 aliphatic heterocycles. The number of hydrogen-bond acceptors (Lipinski definition) is 5. The molecular formula is C23H24N6O2. The van der Waals surface area contributed by atoms with Crippen LogP contribution in [0.25, 0.3) is 16.9 Å². The Bertz CT molecular complexity index is 1150. The van der Waals surface area contributed by atoms with Gasteiger partial charge in [0.1, 0.15) is 0 Å². The summed E-state index contributed by atoms with van der Waals surface area (Å²) in [5.41, 5.74) is 1.93. The van der Waals surface area contributed by atoms with Gasteiger partial charge < -0.3 is 10.2 Å². The molecule has 1 fully saturated rings. The van der Waals surface area contributed by atoms with Crippen LogP contribution in [0.2, 0.25) is 0 Å². The smallest absolute Gasteiger partial charge is 0.280 e. The summed E-state index contributed by atoms with van der Waals surface area (Å²) in [5.74, 6) is 0.748. The number of likely N-dealkylation sites (tertiary alicyclic amines) is 1. The lowest BCUT2D eigenvalue weighted by Crippen LogP contribution is -2.36. The van der Waals surface area contributed by atoms with Crippen LogP contribution in [0, 0.1) is 17.2 Å². The van der Waals surface area contributed by atoms with Crippen molar-refractivity contribution in [2.75, 3.05) is 26.7 Å². The van der Waals surface area contributed by atoms with Gasteiger partial charge in [0.2, 0.25) is 0 Å². The molecule has 0 spiro atoms. The van der Waals surface area contributed by atoms with E-state index in [1.807, 2.05) is 0 Å². The van der Waals surface area contributed by atoms with Crippen molar-refractivity contribution < 1.29 is 4.79 Å². The van der Waals surface area contributed by atoms with Crippen molar-refractivity contribution in [3.63, 3.8) is 0 Å². The Kier molecular flexibility index (Phi) is 5.96. The molecule has 158 valence electrons. The minimum atomic E-state index is -0.253. The summed E-state index contributed by atoms with van der Waals surface area (Å²) >= 11 is 0. The van der Waals surface area contributed by atoms with Gasteiger partial charge in [0.25, 0.3) is 11.5 Å². The maximum Gasteiger partial charge on any atom is 0.280 e. The summed E-state index contributed by atoms with van der Waals surface area (Å²) in [4.78, 5) is 31.8. The second-order valence-electron chi connectivity index (χ2n) is 7.88. The number of aromatic nitrogens is 3. The Morgan fingerprint density at radius 3 is 2.61 bits per heavy atom. The van der Waals surface area contributed by atoms with Crippen LogP contribution in [-0.2, 0) is 0 Å². The first-order chi connectivity index (χ1) is 15.0. The summed E-state index contributed by atoms with van der Waals surface area (Å²) in [6.07, 6.45) is 5.26. The zero-order valence-corrected chi connectivity index (χ0v) is 17.3. The molecule has 0 radical (unpaired) electrons. The van der Waals surface area contributed by atoms with Gasteiger partial charge in [-0.05, 0) is 68.7 Å². The van der Waals surface area contributed by atoms with Gasteiger partial charge in [0.05, 0.1) is 22.8 Å². The van der Waals surface area contributed by atoms with Crippen LogP contribution in [0.1, 0.15) is 28.8 Å². The molecule has 1 aliphatic rings. The number of rotatable bonds is 5. The zero-order chi connectivity index (χ0) is 21.8. The Hall–Kier alpha value is -3.70. The number of H-pyrrole nitrogens is 1. The monoisotopic (exact) mass is 416 g/mol. The molecule has 1 saturated heterocycles. The first-order valence-electron chi connectivity index (χ1n) is 10.3. The van der Waals surface area contributed by atoms with E-state index >= 15 is 0 Å². The van der Waals surface area contributed by atoms with E-state index in [0.29, 0.717) is 40.5 Å². The fourth-order valence-electron chi connectivity index (χ4n) is 3.73. The Morgan fingerprint density at radius 2 is 1.97 bits per heavy atom. The Labute approximate surface area is 180 Å². The second-order valence-corrected chi connectivity index (χ2v) is 7.88. The first-order valence-corrected chi connectivity index (χ1v) is 10.3. The standard InChI is InChI=1S/C23H24N6O2/c1-28-10-8-17(9-11-28)13-26-22(30)19-6-7-21(25-14-19)29-23(31)20(15-27-29)18-4-2-16(12-24)3-5-18/h2-7,14-15,17,27H,8-11,13H2,1H3,(H,26,30). The molecule has 0 aliphatic carbocycles. The maximum atomic E-state index is 12.8. The highest BCUT2D eigenvalue weighted by Gasteiger charge is 2.18. The molecule has 3 aromatic rings. The summed E-state index contributed by atoms with van der Waals surface area (Å²) in [7, 11) is 2.12. The third-order valence-corrected chi connectivity index (χ3v) is 5.73. The van der Waals surface area contributed by atoms with Crippen LogP contribution in [0.3, 0.4) is 0 Å². The SMILES string of the molecule is CN1CCC(CNC(=O)c2ccc(-n3[nH]cc(-c4ccc(C#N)cc4)c3=O)nc2)CC1. The van der Waals surface area contributed by atoms with Gasteiger partial charge >= 0.3 is 0 Å². The molecule has 31 heavy (non-hydrogen) atoms. The van der Waals surface area contributed by atoms with Crippen molar-refractivity contribution in [3.05, 3.63) is 70.3 Å². The van der Waals surface area contributed by atoms with Gasteiger partial charge in [-0.2, -0.15) is 5.26 Å². The number of nitriles is 1. The van der Waals surface area contributed by atoms with Crippen molar-refractivity contribution >= 4 is 5.91 Å².